The van der Waals surface area contributed by atoms with Gasteiger partial charge in [-0.3, -0.25) is 14.5 Å². The zero-order valence-electron chi connectivity index (χ0n) is 18.9. The van der Waals surface area contributed by atoms with Gasteiger partial charge in [-0.05, 0) is 43.3 Å². The molecule has 1 aliphatic rings. The summed E-state index contributed by atoms with van der Waals surface area (Å²) in [4.78, 5) is 32.6. The van der Waals surface area contributed by atoms with Crippen molar-refractivity contribution in [2.45, 2.75) is 13.0 Å². The maximum Gasteiger partial charge on any atom is 0.296 e. The van der Waals surface area contributed by atoms with Crippen LogP contribution in [-0.2, 0) is 4.79 Å². The number of aliphatic hydroxyl groups is 1. The third-order valence-electron chi connectivity index (χ3n) is 5.69. The molecule has 3 heterocycles. The smallest absolute Gasteiger partial charge is 0.296 e. The lowest BCUT2D eigenvalue weighted by atomic mass is 9.94. The van der Waals surface area contributed by atoms with E-state index in [0.717, 1.165) is 11.3 Å². The highest BCUT2D eigenvalue weighted by Gasteiger charge is 2.47. The molecule has 0 fully saturated rings. The van der Waals surface area contributed by atoms with E-state index in [0.29, 0.717) is 27.3 Å². The number of fused-ring (bicyclic) bond motifs is 1. The monoisotopic (exact) mass is 494 g/mol. The number of rotatable bonds is 6. The summed E-state index contributed by atoms with van der Waals surface area (Å²) in [6, 6.07) is 11.1. The van der Waals surface area contributed by atoms with Crippen molar-refractivity contribution in [1.29, 1.82) is 0 Å². The maximum atomic E-state index is 13.8. The number of ketones is 1. The molecule has 4 aromatic rings. The highest BCUT2D eigenvalue weighted by molar-refractivity contribution is 7.22. The topological polar surface area (TPSA) is 102 Å². The average molecular weight is 495 g/mol. The number of furan rings is 1. The van der Waals surface area contributed by atoms with Crippen molar-refractivity contribution in [2.24, 2.45) is 0 Å². The van der Waals surface area contributed by atoms with Gasteiger partial charge in [-0.25, -0.2) is 9.37 Å². The van der Waals surface area contributed by atoms with Crippen LogP contribution < -0.4 is 14.4 Å². The number of aryl methyl sites for hydroxylation is 1. The summed E-state index contributed by atoms with van der Waals surface area (Å²) in [5.74, 6) is -1.55. The van der Waals surface area contributed by atoms with Crippen molar-refractivity contribution in [3.63, 3.8) is 0 Å². The zero-order valence-corrected chi connectivity index (χ0v) is 19.7. The number of ether oxygens (including phenoxy) is 2. The molecular formula is C25H19FN2O6S. The predicted molar refractivity (Wildman–Crippen MR) is 127 cm³/mol. The molecule has 0 saturated carbocycles. The van der Waals surface area contributed by atoms with Crippen LogP contribution in [0.1, 0.15) is 27.9 Å². The number of amides is 1. The van der Waals surface area contributed by atoms with Crippen molar-refractivity contribution in [1.82, 2.24) is 4.98 Å². The Morgan fingerprint density at radius 1 is 1.17 bits per heavy atom. The number of anilines is 1. The van der Waals surface area contributed by atoms with Gasteiger partial charge in [0.15, 0.2) is 28.1 Å². The molecule has 1 amide bonds. The lowest BCUT2D eigenvalue weighted by molar-refractivity contribution is -0.117. The molecule has 0 spiro atoms. The Labute approximate surface area is 202 Å². The molecular weight excluding hydrogens is 475 g/mol. The largest absolute Gasteiger partial charge is 0.503 e. The van der Waals surface area contributed by atoms with Crippen LogP contribution in [0.25, 0.3) is 10.2 Å². The van der Waals surface area contributed by atoms with Gasteiger partial charge in [0.05, 0.1) is 30.0 Å². The molecule has 0 radical (unpaired) electrons. The third-order valence-corrected chi connectivity index (χ3v) is 6.71. The number of nitrogens with zero attached hydrogens (tertiary/aromatic N) is 2. The second kappa shape index (κ2) is 8.55. The molecule has 2 aromatic heterocycles. The SMILES string of the molecule is COc1cccc([C@@H]2C(C(=O)c3ccc(C)o3)=C(O)C(=O)N2c2nc3ccc(F)cc3s2)c1OC. The molecule has 178 valence electrons. The third kappa shape index (κ3) is 3.62. The first kappa shape index (κ1) is 22.6. The van der Waals surface area contributed by atoms with E-state index in [9.17, 15) is 19.1 Å². The Balaban J connectivity index is 1.74. The Kier molecular flexibility index (Phi) is 5.52. The minimum Gasteiger partial charge on any atom is -0.503 e. The standard InChI is InChI=1S/C25H19FN2O6S/c1-12-7-10-16(34-12)21(29)19-20(14-5-4-6-17(32-2)23(14)33-3)28(24(31)22(19)30)25-27-15-9-8-13(26)11-18(15)35-25/h4-11,20,30H,1-3H3/t20-/m1/s1. The summed E-state index contributed by atoms with van der Waals surface area (Å²) in [7, 11) is 2.90. The van der Waals surface area contributed by atoms with E-state index in [1.807, 2.05) is 0 Å². The number of aromatic nitrogens is 1. The second-order valence-corrected chi connectivity index (χ2v) is 8.78. The fourth-order valence-electron chi connectivity index (χ4n) is 4.13. The maximum absolute atomic E-state index is 13.8. The molecule has 1 N–H and O–H groups in total. The number of aliphatic hydroxyl groups excluding tert-OH is 1. The van der Waals surface area contributed by atoms with Gasteiger partial charge in [-0.2, -0.15) is 0 Å². The van der Waals surface area contributed by atoms with Gasteiger partial charge in [0, 0.05) is 5.56 Å². The Morgan fingerprint density at radius 2 is 1.97 bits per heavy atom. The molecule has 0 unspecified atom stereocenters. The Hall–Kier alpha value is -4.18. The van der Waals surface area contributed by atoms with Crippen LogP contribution in [0.15, 0.2) is 64.3 Å². The molecule has 1 atom stereocenters. The van der Waals surface area contributed by atoms with E-state index in [4.69, 9.17) is 13.9 Å². The van der Waals surface area contributed by atoms with Crippen molar-refractivity contribution in [3.8, 4) is 11.5 Å². The van der Waals surface area contributed by atoms with E-state index in [2.05, 4.69) is 4.98 Å². The Morgan fingerprint density at radius 3 is 2.66 bits per heavy atom. The Bertz CT molecular complexity index is 1520. The van der Waals surface area contributed by atoms with Gasteiger partial charge in [0.2, 0.25) is 5.78 Å². The van der Waals surface area contributed by atoms with E-state index >= 15 is 0 Å². The van der Waals surface area contributed by atoms with Crippen molar-refractivity contribution in [2.75, 3.05) is 19.1 Å². The van der Waals surface area contributed by atoms with Gasteiger partial charge < -0.3 is 19.0 Å². The fourth-order valence-corrected chi connectivity index (χ4v) is 5.15. The number of Topliss-reactive ketones (excluding diaryl/α,β-unsaturated/α-hetero) is 1. The van der Waals surface area contributed by atoms with E-state index in [-0.39, 0.29) is 22.2 Å². The fraction of sp³-hybridized carbons (Fsp3) is 0.160. The lowest BCUT2D eigenvalue weighted by Crippen LogP contribution is -2.31. The lowest BCUT2D eigenvalue weighted by Gasteiger charge is -2.26. The summed E-state index contributed by atoms with van der Waals surface area (Å²) >= 11 is 1.06. The number of methoxy groups -OCH3 is 2. The highest BCUT2D eigenvalue weighted by Crippen LogP contribution is 2.48. The first-order valence-corrected chi connectivity index (χ1v) is 11.3. The number of carbonyl (C=O) groups is 2. The summed E-state index contributed by atoms with van der Waals surface area (Å²) < 4.78 is 30.8. The molecule has 10 heteroatoms. The van der Waals surface area contributed by atoms with Crippen LogP contribution in [0.5, 0.6) is 11.5 Å². The quantitative estimate of drug-likeness (QED) is 0.371. The number of benzene rings is 2. The van der Waals surface area contributed by atoms with Gasteiger partial charge >= 0.3 is 0 Å². The molecule has 35 heavy (non-hydrogen) atoms. The minimum absolute atomic E-state index is 0.0306. The van der Waals surface area contributed by atoms with E-state index in [1.165, 1.54) is 43.4 Å². The number of para-hydroxylation sites is 1. The number of hydrogen-bond donors (Lipinski definition) is 1. The number of thiazole rings is 1. The zero-order chi connectivity index (χ0) is 24.9. The van der Waals surface area contributed by atoms with Crippen molar-refractivity contribution >= 4 is 38.4 Å². The van der Waals surface area contributed by atoms with E-state index in [1.54, 1.807) is 31.2 Å². The predicted octanol–water partition coefficient (Wildman–Crippen LogP) is 5.14. The summed E-state index contributed by atoms with van der Waals surface area (Å²) in [5, 5.41) is 11.1. The number of halogens is 1. The van der Waals surface area contributed by atoms with Crippen LogP contribution in [0.4, 0.5) is 9.52 Å². The second-order valence-electron chi connectivity index (χ2n) is 7.77. The molecule has 0 saturated heterocycles. The normalized spacial score (nSPS) is 15.8. The molecule has 1 aliphatic heterocycles. The highest BCUT2D eigenvalue weighted by atomic mass is 32.1. The van der Waals surface area contributed by atoms with Crippen molar-refractivity contribution < 1.29 is 33.0 Å². The summed E-state index contributed by atoms with van der Waals surface area (Å²) in [5.41, 5.74) is 0.666. The molecule has 2 aromatic carbocycles. The van der Waals surface area contributed by atoms with Crippen LogP contribution in [0.3, 0.4) is 0 Å². The minimum atomic E-state index is -1.11. The van der Waals surface area contributed by atoms with Crippen molar-refractivity contribution in [3.05, 3.63) is 82.8 Å². The number of hydrogen-bond acceptors (Lipinski definition) is 8. The van der Waals surface area contributed by atoms with Crippen LogP contribution in [0.2, 0.25) is 0 Å². The molecule has 5 rings (SSSR count). The summed E-state index contributed by atoms with van der Waals surface area (Å²) in [6.45, 7) is 1.68. The first-order valence-electron chi connectivity index (χ1n) is 10.5. The molecule has 0 bridgehead atoms. The average Bonchev–Trinajstić information content (AvgIpc) is 3.53. The van der Waals surface area contributed by atoms with Crippen LogP contribution >= 0.6 is 11.3 Å². The van der Waals surface area contributed by atoms with Crippen LogP contribution in [-0.4, -0.2) is 36.0 Å². The van der Waals surface area contributed by atoms with Gasteiger partial charge in [-0.1, -0.05) is 23.5 Å². The van der Waals surface area contributed by atoms with E-state index < -0.39 is 29.3 Å². The molecule has 8 nitrogen and oxygen atoms in total. The summed E-state index contributed by atoms with van der Waals surface area (Å²) in [6.07, 6.45) is 0. The van der Waals surface area contributed by atoms with Gasteiger partial charge in [-0.15, -0.1) is 0 Å². The van der Waals surface area contributed by atoms with Gasteiger partial charge in [0.25, 0.3) is 5.91 Å². The number of carbonyl (C=O) groups excluding carboxylic acids is 2. The first-order chi connectivity index (χ1) is 16.8. The van der Waals surface area contributed by atoms with Gasteiger partial charge in [0.1, 0.15) is 17.6 Å². The molecule has 0 aliphatic carbocycles. The van der Waals surface area contributed by atoms with Crippen LogP contribution in [0, 0.1) is 12.7 Å².